The molecule has 0 radical (unpaired) electrons. The number of carbonyl (C=O) groups excluding carboxylic acids is 1. The first-order chi connectivity index (χ1) is 9.74. The van der Waals surface area contributed by atoms with Gasteiger partial charge in [-0.15, -0.1) is 0 Å². The number of carbonyl (C=O) groups is 1. The lowest BCUT2D eigenvalue weighted by atomic mass is 10.1. The molecule has 0 saturated heterocycles. The molecule has 1 amide bonds. The van der Waals surface area contributed by atoms with Crippen molar-refractivity contribution in [3.8, 4) is 0 Å². The number of imidazole rings is 1. The van der Waals surface area contributed by atoms with E-state index in [4.69, 9.17) is 5.73 Å². The molecule has 0 saturated carbocycles. The van der Waals surface area contributed by atoms with Crippen LogP contribution in [-0.4, -0.2) is 22.4 Å². The second-order valence-electron chi connectivity index (χ2n) is 4.73. The lowest BCUT2D eigenvalue weighted by Gasteiger charge is -2.05. The van der Waals surface area contributed by atoms with E-state index in [1.54, 1.807) is 12.4 Å². The van der Waals surface area contributed by atoms with Gasteiger partial charge in [-0.3, -0.25) is 4.79 Å². The molecule has 5 nitrogen and oxygen atoms in total. The highest BCUT2D eigenvalue weighted by Gasteiger charge is 2.02. The third-order valence-electron chi connectivity index (χ3n) is 3.09. The van der Waals surface area contributed by atoms with Crippen molar-refractivity contribution in [3.63, 3.8) is 0 Å². The molecule has 2 aromatic rings. The number of amides is 1. The van der Waals surface area contributed by atoms with Crippen LogP contribution in [0.15, 0.2) is 36.7 Å². The molecule has 0 bridgehead atoms. The van der Waals surface area contributed by atoms with Crippen LogP contribution in [0, 0.1) is 0 Å². The molecular weight excluding hydrogens is 252 g/mol. The third-order valence-corrected chi connectivity index (χ3v) is 3.09. The fraction of sp³-hybridized carbons (Fsp3) is 0.333. The number of aromatic nitrogens is 2. The molecule has 0 atom stereocenters. The summed E-state index contributed by atoms with van der Waals surface area (Å²) < 4.78 is 0. The Morgan fingerprint density at radius 1 is 1.25 bits per heavy atom. The van der Waals surface area contributed by atoms with Crippen LogP contribution in [0.25, 0.3) is 0 Å². The summed E-state index contributed by atoms with van der Waals surface area (Å²) in [5, 5.41) is 2.92. The van der Waals surface area contributed by atoms with Gasteiger partial charge in [-0.05, 0) is 30.5 Å². The zero-order chi connectivity index (χ0) is 14.2. The van der Waals surface area contributed by atoms with Crippen LogP contribution in [0.5, 0.6) is 0 Å². The van der Waals surface area contributed by atoms with Crippen LogP contribution >= 0.6 is 0 Å². The molecule has 0 spiro atoms. The van der Waals surface area contributed by atoms with E-state index in [1.807, 2.05) is 24.3 Å². The lowest BCUT2D eigenvalue weighted by Crippen LogP contribution is -2.25. The summed E-state index contributed by atoms with van der Waals surface area (Å²) in [5.41, 5.74) is 7.49. The minimum absolute atomic E-state index is 0.0845. The second kappa shape index (κ2) is 7.33. The predicted octanol–water partition coefficient (Wildman–Crippen LogP) is 1.67. The van der Waals surface area contributed by atoms with E-state index in [0.717, 1.165) is 36.3 Å². The first-order valence-electron chi connectivity index (χ1n) is 6.83. The summed E-state index contributed by atoms with van der Waals surface area (Å²) in [6.07, 6.45) is 6.53. The Hall–Kier alpha value is -2.30. The number of H-pyrrole nitrogens is 1. The number of hydrogen-bond acceptors (Lipinski definition) is 3. The van der Waals surface area contributed by atoms with E-state index in [9.17, 15) is 4.79 Å². The Morgan fingerprint density at radius 3 is 2.75 bits per heavy atom. The Balaban J connectivity index is 1.59. The Labute approximate surface area is 118 Å². The number of anilines is 1. The standard InChI is InChI=1S/C15H20N4O/c16-13-6-3-12(4-7-13)5-8-15(20)19-9-1-2-14-17-10-11-18-14/h3-4,6-7,10-11H,1-2,5,8-9,16H2,(H,17,18)(H,19,20). The summed E-state index contributed by atoms with van der Waals surface area (Å²) >= 11 is 0. The van der Waals surface area contributed by atoms with Gasteiger partial charge in [0.1, 0.15) is 5.82 Å². The summed E-state index contributed by atoms with van der Waals surface area (Å²) in [7, 11) is 0. The van der Waals surface area contributed by atoms with Gasteiger partial charge in [-0.25, -0.2) is 4.98 Å². The molecular formula is C15H20N4O. The van der Waals surface area contributed by atoms with Gasteiger partial charge in [0, 0.05) is 37.5 Å². The second-order valence-corrected chi connectivity index (χ2v) is 4.73. The van der Waals surface area contributed by atoms with Crippen LogP contribution in [-0.2, 0) is 17.6 Å². The van der Waals surface area contributed by atoms with Crippen molar-refractivity contribution in [2.45, 2.75) is 25.7 Å². The van der Waals surface area contributed by atoms with E-state index in [0.29, 0.717) is 13.0 Å². The van der Waals surface area contributed by atoms with Crippen molar-refractivity contribution in [1.29, 1.82) is 0 Å². The maximum Gasteiger partial charge on any atom is 0.220 e. The number of rotatable bonds is 7. The Kier molecular flexibility index (Phi) is 5.17. The predicted molar refractivity (Wildman–Crippen MR) is 79.1 cm³/mol. The molecule has 1 aromatic carbocycles. The summed E-state index contributed by atoms with van der Waals surface area (Å²) in [4.78, 5) is 18.9. The molecule has 0 aliphatic heterocycles. The van der Waals surface area contributed by atoms with Crippen LogP contribution in [0.4, 0.5) is 5.69 Å². The van der Waals surface area contributed by atoms with Gasteiger partial charge in [0.15, 0.2) is 0 Å². The van der Waals surface area contributed by atoms with Crippen molar-refractivity contribution in [3.05, 3.63) is 48.0 Å². The van der Waals surface area contributed by atoms with Gasteiger partial charge >= 0.3 is 0 Å². The molecule has 20 heavy (non-hydrogen) atoms. The number of aryl methyl sites for hydroxylation is 2. The van der Waals surface area contributed by atoms with Gasteiger partial charge in [0.2, 0.25) is 5.91 Å². The van der Waals surface area contributed by atoms with Crippen molar-refractivity contribution in [1.82, 2.24) is 15.3 Å². The van der Waals surface area contributed by atoms with E-state index in [2.05, 4.69) is 15.3 Å². The highest BCUT2D eigenvalue weighted by Crippen LogP contribution is 2.07. The fourth-order valence-electron chi connectivity index (χ4n) is 1.95. The molecule has 0 fully saturated rings. The lowest BCUT2D eigenvalue weighted by molar-refractivity contribution is -0.121. The molecule has 0 aliphatic carbocycles. The first-order valence-corrected chi connectivity index (χ1v) is 6.83. The number of nitrogens with one attached hydrogen (secondary N) is 2. The number of nitrogen functional groups attached to an aromatic ring is 1. The number of nitrogens with zero attached hydrogens (tertiary/aromatic N) is 1. The molecule has 106 valence electrons. The van der Waals surface area contributed by atoms with Crippen LogP contribution in [0.3, 0.4) is 0 Å². The smallest absolute Gasteiger partial charge is 0.220 e. The largest absolute Gasteiger partial charge is 0.399 e. The third kappa shape index (κ3) is 4.76. The topological polar surface area (TPSA) is 83.8 Å². The quantitative estimate of drug-likeness (QED) is 0.529. The van der Waals surface area contributed by atoms with Crippen LogP contribution in [0.1, 0.15) is 24.2 Å². The van der Waals surface area contributed by atoms with Crippen molar-refractivity contribution >= 4 is 11.6 Å². The Bertz CT molecular complexity index is 519. The fourth-order valence-corrected chi connectivity index (χ4v) is 1.95. The number of nitrogens with two attached hydrogens (primary N) is 1. The molecule has 1 aromatic heterocycles. The number of aromatic amines is 1. The average molecular weight is 272 g/mol. The van der Waals surface area contributed by atoms with Gasteiger partial charge in [0.05, 0.1) is 0 Å². The molecule has 4 N–H and O–H groups in total. The SMILES string of the molecule is Nc1ccc(CCC(=O)NCCCc2ncc[nH]2)cc1. The van der Waals surface area contributed by atoms with E-state index in [-0.39, 0.29) is 5.91 Å². The summed E-state index contributed by atoms with van der Waals surface area (Å²) in [6.45, 7) is 0.682. The highest BCUT2D eigenvalue weighted by atomic mass is 16.1. The van der Waals surface area contributed by atoms with Gasteiger partial charge in [-0.1, -0.05) is 12.1 Å². The van der Waals surface area contributed by atoms with Gasteiger partial charge < -0.3 is 16.0 Å². The highest BCUT2D eigenvalue weighted by molar-refractivity contribution is 5.76. The minimum atomic E-state index is 0.0845. The number of benzene rings is 1. The minimum Gasteiger partial charge on any atom is -0.399 e. The zero-order valence-corrected chi connectivity index (χ0v) is 11.4. The molecule has 5 heteroatoms. The summed E-state index contributed by atoms with van der Waals surface area (Å²) in [5.74, 6) is 1.04. The van der Waals surface area contributed by atoms with Gasteiger partial charge in [-0.2, -0.15) is 0 Å². The number of hydrogen-bond donors (Lipinski definition) is 3. The van der Waals surface area contributed by atoms with E-state index in [1.165, 1.54) is 0 Å². The molecule has 0 unspecified atom stereocenters. The molecule has 2 rings (SSSR count). The first kappa shape index (κ1) is 14.1. The molecule has 1 heterocycles. The monoisotopic (exact) mass is 272 g/mol. The van der Waals surface area contributed by atoms with Crippen LogP contribution in [0.2, 0.25) is 0 Å². The van der Waals surface area contributed by atoms with E-state index < -0.39 is 0 Å². The maximum atomic E-state index is 11.7. The van der Waals surface area contributed by atoms with Crippen LogP contribution < -0.4 is 11.1 Å². The maximum absolute atomic E-state index is 11.7. The van der Waals surface area contributed by atoms with Crippen molar-refractivity contribution in [2.24, 2.45) is 0 Å². The van der Waals surface area contributed by atoms with E-state index >= 15 is 0 Å². The van der Waals surface area contributed by atoms with Crippen molar-refractivity contribution < 1.29 is 4.79 Å². The normalized spacial score (nSPS) is 10.4. The molecule has 0 aliphatic rings. The Morgan fingerprint density at radius 2 is 2.05 bits per heavy atom. The zero-order valence-electron chi connectivity index (χ0n) is 11.4. The van der Waals surface area contributed by atoms with Crippen molar-refractivity contribution in [2.75, 3.05) is 12.3 Å². The average Bonchev–Trinajstić information content (AvgIpc) is 2.96. The van der Waals surface area contributed by atoms with Gasteiger partial charge in [0.25, 0.3) is 0 Å². The summed E-state index contributed by atoms with van der Waals surface area (Å²) in [6, 6.07) is 7.63.